The Morgan fingerprint density at radius 1 is 1.33 bits per heavy atom. The van der Waals surface area contributed by atoms with Crippen molar-refractivity contribution in [2.75, 3.05) is 11.5 Å². The van der Waals surface area contributed by atoms with Crippen molar-refractivity contribution in [1.82, 2.24) is 4.98 Å². The first-order valence-corrected chi connectivity index (χ1v) is 8.04. The van der Waals surface area contributed by atoms with Crippen LogP contribution in [0.5, 0.6) is 0 Å². The second-order valence-corrected chi connectivity index (χ2v) is 5.66. The van der Waals surface area contributed by atoms with Gasteiger partial charge in [-0.2, -0.15) is 17.0 Å². The van der Waals surface area contributed by atoms with Crippen LogP contribution in [-0.4, -0.2) is 16.5 Å². The van der Waals surface area contributed by atoms with Crippen molar-refractivity contribution in [3.8, 4) is 6.07 Å². The molecule has 0 saturated carbocycles. The van der Waals surface area contributed by atoms with Crippen molar-refractivity contribution in [3.63, 3.8) is 0 Å². The van der Waals surface area contributed by atoms with Crippen molar-refractivity contribution >= 4 is 11.8 Å². The Morgan fingerprint density at radius 2 is 2.22 bits per heavy atom. The van der Waals surface area contributed by atoms with Crippen LogP contribution < -0.4 is 4.57 Å². The van der Waals surface area contributed by atoms with E-state index in [1.54, 1.807) is 0 Å². The summed E-state index contributed by atoms with van der Waals surface area (Å²) in [5.74, 6) is 3.83. The molecule has 18 heavy (non-hydrogen) atoms. The summed E-state index contributed by atoms with van der Waals surface area (Å²) in [5, 5.41) is 8.50. The van der Waals surface area contributed by atoms with Gasteiger partial charge < -0.3 is 0 Å². The Kier molecular flexibility index (Phi) is 8.41. The summed E-state index contributed by atoms with van der Waals surface area (Å²) in [6, 6.07) is 2.20. The van der Waals surface area contributed by atoms with Gasteiger partial charge in [-0.15, -0.1) is 0 Å². The van der Waals surface area contributed by atoms with Crippen LogP contribution in [0.25, 0.3) is 0 Å². The van der Waals surface area contributed by atoms with E-state index in [1.165, 1.54) is 30.2 Å². The van der Waals surface area contributed by atoms with Crippen molar-refractivity contribution in [2.45, 2.75) is 52.0 Å². The molecule has 0 aliphatic carbocycles. The fraction of sp³-hybridized carbons (Fsp3) is 0.714. The van der Waals surface area contributed by atoms with Gasteiger partial charge in [0.1, 0.15) is 12.4 Å². The molecule has 0 saturated heterocycles. The van der Waals surface area contributed by atoms with E-state index in [2.05, 4.69) is 28.7 Å². The van der Waals surface area contributed by atoms with Crippen molar-refractivity contribution < 1.29 is 4.57 Å². The Labute approximate surface area is 115 Å². The van der Waals surface area contributed by atoms with E-state index >= 15 is 0 Å². The lowest BCUT2D eigenvalue weighted by atomic mass is 10.2. The molecular weight excluding hydrogens is 242 g/mol. The zero-order valence-electron chi connectivity index (χ0n) is 11.3. The molecule has 0 spiro atoms. The minimum Gasteiger partial charge on any atom is -0.248 e. The first kappa shape index (κ1) is 15.1. The summed E-state index contributed by atoms with van der Waals surface area (Å²) >= 11 is 2.05. The normalized spacial score (nSPS) is 10.4. The third kappa shape index (κ3) is 6.11. The van der Waals surface area contributed by atoms with Crippen LogP contribution in [0, 0.1) is 11.3 Å². The average Bonchev–Trinajstić information content (AvgIpc) is 2.82. The van der Waals surface area contributed by atoms with Crippen molar-refractivity contribution in [3.05, 3.63) is 18.2 Å². The summed E-state index contributed by atoms with van der Waals surface area (Å²) < 4.78 is 2.32. The largest absolute Gasteiger partial charge is 0.254 e. The van der Waals surface area contributed by atoms with Gasteiger partial charge in [-0.1, -0.05) is 6.92 Å². The van der Waals surface area contributed by atoms with E-state index < -0.39 is 0 Å². The maximum absolute atomic E-state index is 8.50. The Bertz CT molecular complexity index is 354. The molecule has 0 radical (unpaired) electrons. The summed E-state index contributed by atoms with van der Waals surface area (Å²) in [7, 11) is 0. The second kappa shape index (κ2) is 10.0. The molecule has 0 aromatic carbocycles. The second-order valence-electron chi connectivity index (χ2n) is 4.43. The maximum Gasteiger partial charge on any atom is 0.254 e. The summed E-state index contributed by atoms with van der Waals surface area (Å²) in [6.07, 6.45) is 10.5. The average molecular weight is 266 g/mol. The maximum atomic E-state index is 8.50. The Balaban J connectivity index is 2.20. The Morgan fingerprint density at radius 3 is 3.00 bits per heavy atom. The van der Waals surface area contributed by atoms with Crippen LogP contribution in [0.1, 0.15) is 44.9 Å². The van der Waals surface area contributed by atoms with Crippen LogP contribution in [0.4, 0.5) is 0 Å². The van der Waals surface area contributed by atoms with Gasteiger partial charge >= 0.3 is 0 Å². The van der Waals surface area contributed by atoms with Crippen LogP contribution in [0.3, 0.4) is 0 Å². The number of aromatic amines is 1. The predicted molar refractivity (Wildman–Crippen MR) is 76.4 cm³/mol. The molecule has 0 unspecified atom stereocenters. The van der Waals surface area contributed by atoms with Crippen LogP contribution in [-0.2, 0) is 13.0 Å². The van der Waals surface area contributed by atoms with Gasteiger partial charge in [0.25, 0.3) is 5.82 Å². The van der Waals surface area contributed by atoms with Crippen LogP contribution in [0.2, 0.25) is 0 Å². The van der Waals surface area contributed by atoms with Crippen molar-refractivity contribution in [1.29, 1.82) is 5.26 Å². The lowest BCUT2D eigenvalue weighted by Gasteiger charge is -2.01. The minimum atomic E-state index is 0.675. The first-order valence-electron chi connectivity index (χ1n) is 6.89. The molecule has 1 aromatic rings. The molecule has 100 valence electrons. The zero-order valence-corrected chi connectivity index (χ0v) is 12.1. The predicted octanol–water partition coefficient (Wildman–Crippen LogP) is 3.07. The number of hydrogen-bond donors (Lipinski definition) is 1. The standard InChI is InChI=1S/C14H23N3S/c1-2-12-18-13-6-10-17-11-9-16-14(17)7-4-3-5-8-15/h9,11H,2-7,10,12-13H2,1H3/p+1. The molecule has 0 aliphatic rings. The number of nitrogens with one attached hydrogen (secondary N) is 1. The van der Waals surface area contributed by atoms with Gasteiger partial charge in [0, 0.05) is 12.8 Å². The highest BCUT2D eigenvalue weighted by atomic mass is 32.2. The molecule has 0 aliphatic heterocycles. The van der Waals surface area contributed by atoms with Gasteiger partial charge in [-0.3, -0.25) is 0 Å². The number of nitrogens with zero attached hydrogens (tertiary/aromatic N) is 2. The van der Waals surface area contributed by atoms with Gasteiger partial charge in [0.05, 0.1) is 12.6 Å². The number of aromatic nitrogens is 2. The summed E-state index contributed by atoms with van der Waals surface area (Å²) in [5.41, 5.74) is 0. The molecule has 0 amide bonds. The fourth-order valence-corrected chi connectivity index (χ4v) is 2.73. The quantitative estimate of drug-likeness (QED) is 0.522. The highest BCUT2D eigenvalue weighted by Gasteiger charge is 2.09. The molecule has 0 atom stereocenters. The van der Waals surface area contributed by atoms with E-state index in [0.29, 0.717) is 6.42 Å². The molecule has 3 nitrogen and oxygen atoms in total. The highest BCUT2D eigenvalue weighted by molar-refractivity contribution is 7.99. The minimum absolute atomic E-state index is 0.675. The lowest BCUT2D eigenvalue weighted by Crippen LogP contribution is -2.36. The smallest absolute Gasteiger partial charge is 0.248 e. The number of rotatable bonds is 10. The molecule has 1 heterocycles. The van der Waals surface area contributed by atoms with E-state index in [-0.39, 0.29) is 0 Å². The van der Waals surface area contributed by atoms with Gasteiger partial charge in [0.15, 0.2) is 0 Å². The molecule has 1 N–H and O–H groups in total. The lowest BCUT2D eigenvalue weighted by molar-refractivity contribution is -0.702. The van der Waals surface area contributed by atoms with E-state index in [9.17, 15) is 0 Å². The van der Waals surface area contributed by atoms with E-state index in [1.807, 2.05) is 18.0 Å². The van der Waals surface area contributed by atoms with E-state index in [4.69, 9.17) is 5.26 Å². The molecule has 0 bridgehead atoms. The zero-order chi connectivity index (χ0) is 13.1. The highest BCUT2D eigenvalue weighted by Crippen LogP contribution is 2.05. The van der Waals surface area contributed by atoms with Crippen LogP contribution in [0.15, 0.2) is 12.4 Å². The number of nitriles is 1. The number of thioether (sulfide) groups is 1. The number of aryl methyl sites for hydroxylation is 2. The van der Waals surface area contributed by atoms with Gasteiger partial charge in [-0.05, 0) is 37.2 Å². The molecule has 4 heteroatoms. The summed E-state index contributed by atoms with van der Waals surface area (Å²) in [4.78, 5) is 3.31. The van der Waals surface area contributed by atoms with Crippen LogP contribution >= 0.6 is 11.8 Å². The van der Waals surface area contributed by atoms with E-state index in [0.717, 1.165) is 25.8 Å². The third-order valence-electron chi connectivity index (χ3n) is 2.84. The third-order valence-corrected chi connectivity index (χ3v) is 4.11. The monoisotopic (exact) mass is 266 g/mol. The number of unbranched alkanes of at least 4 members (excludes halogenated alkanes) is 2. The van der Waals surface area contributed by atoms with Gasteiger partial charge in [-0.25, -0.2) is 9.55 Å². The molecule has 1 rings (SSSR count). The molecule has 0 fully saturated rings. The fourth-order valence-electron chi connectivity index (χ4n) is 1.90. The Hall–Kier alpha value is -0.950. The SMILES string of the molecule is CCCSCCC[n+]1cc[nH]c1CCCCC#N. The topological polar surface area (TPSA) is 43.5 Å². The van der Waals surface area contributed by atoms with Crippen molar-refractivity contribution in [2.24, 2.45) is 0 Å². The molecule has 1 aromatic heterocycles. The first-order chi connectivity index (χ1) is 8.88. The number of imidazole rings is 1. The molecular formula is C14H24N3S+. The van der Waals surface area contributed by atoms with Gasteiger partial charge in [0.2, 0.25) is 0 Å². The number of hydrogen-bond acceptors (Lipinski definition) is 2. The summed E-state index contributed by atoms with van der Waals surface area (Å²) in [6.45, 7) is 3.33. The number of H-pyrrole nitrogens is 1.